The van der Waals surface area contributed by atoms with E-state index in [9.17, 15) is 14.4 Å². The number of carbonyl (C=O) groups excluding carboxylic acids is 3. The van der Waals surface area contributed by atoms with Gasteiger partial charge in [0.2, 0.25) is 0 Å². The zero-order valence-corrected chi connectivity index (χ0v) is 15.4. The second-order valence-electron chi connectivity index (χ2n) is 5.90. The molecule has 0 radical (unpaired) electrons. The summed E-state index contributed by atoms with van der Waals surface area (Å²) in [6.07, 6.45) is 0.424. The van der Waals surface area contributed by atoms with E-state index in [4.69, 9.17) is 14.2 Å². The maximum Gasteiger partial charge on any atom is 0.344 e. The Bertz CT molecular complexity index is 598. The summed E-state index contributed by atoms with van der Waals surface area (Å²) in [6, 6.07) is 5.89. The minimum atomic E-state index is -0.776. The fourth-order valence-corrected chi connectivity index (χ4v) is 2.07. The summed E-state index contributed by atoms with van der Waals surface area (Å²) in [6.45, 7) is 2.99. The first-order chi connectivity index (χ1) is 12.3. The number of nitrogens with one attached hydrogen (secondary N) is 1. The molecule has 1 rings (SSSR count). The number of hydrogen-bond acceptors (Lipinski definition) is 7. The highest BCUT2D eigenvalue weighted by Gasteiger charge is 2.23. The summed E-state index contributed by atoms with van der Waals surface area (Å²) >= 11 is 0. The summed E-state index contributed by atoms with van der Waals surface area (Å²) in [5.41, 5.74) is 0. The SMILES string of the molecule is COC(=O)[C@H](CC(C)C)NC(=O)COC(=O)COc1ccc(OC)cc1. The van der Waals surface area contributed by atoms with Crippen molar-refractivity contribution in [2.45, 2.75) is 26.3 Å². The molecule has 1 N–H and O–H groups in total. The molecule has 1 amide bonds. The van der Waals surface area contributed by atoms with Gasteiger partial charge in [-0.15, -0.1) is 0 Å². The normalized spacial score (nSPS) is 11.4. The molecule has 8 heteroatoms. The van der Waals surface area contributed by atoms with E-state index < -0.39 is 30.5 Å². The lowest BCUT2D eigenvalue weighted by atomic mass is 10.0. The zero-order valence-electron chi connectivity index (χ0n) is 15.4. The molecular formula is C18H25NO7. The van der Waals surface area contributed by atoms with Crippen molar-refractivity contribution in [3.05, 3.63) is 24.3 Å². The van der Waals surface area contributed by atoms with E-state index in [1.54, 1.807) is 31.4 Å². The molecule has 144 valence electrons. The average molecular weight is 367 g/mol. The van der Waals surface area contributed by atoms with Crippen LogP contribution in [0, 0.1) is 5.92 Å². The zero-order chi connectivity index (χ0) is 19.5. The molecule has 0 saturated heterocycles. The molecule has 0 aliphatic carbocycles. The molecule has 8 nitrogen and oxygen atoms in total. The van der Waals surface area contributed by atoms with Gasteiger partial charge in [0.15, 0.2) is 13.2 Å². The molecule has 0 heterocycles. The van der Waals surface area contributed by atoms with Crippen LogP contribution in [0.1, 0.15) is 20.3 Å². The monoisotopic (exact) mass is 367 g/mol. The first-order valence-corrected chi connectivity index (χ1v) is 8.15. The van der Waals surface area contributed by atoms with Crippen molar-refractivity contribution in [2.75, 3.05) is 27.4 Å². The summed E-state index contributed by atoms with van der Waals surface area (Å²) < 4.78 is 19.8. The number of ether oxygens (including phenoxy) is 4. The number of methoxy groups -OCH3 is 2. The van der Waals surface area contributed by atoms with Gasteiger partial charge in [-0.05, 0) is 36.6 Å². The standard InChI is InChI=1S/C18H25NO7/c1-12(2)9-15(18(22)24-4)19-16(20)10-26-17(21)11-25-14-7-5-13(23-3)6-8-14/h5-8,12,15H,9-11H2,1-4H3,(H,19,20)/t15-/m0/s1. The van der Waals surface area contributed by atoms with Crippen molar-refractivity contribution < 1.29 is 33.3 Å². The van der Waals surface area contributed by atoms with Crippen LogP contribution >= 0.6 is 0 Å². The Hall–Kier alpha value is -2.77. The van der Waals surface area contributed by atoms with E-state index in [1.807, 2.05) is 13.8 Å². The highest BCUT2D eigenvalue weighted by atomic mass is 16.6. The Labute approximate surface area is 152 Å². The number of amides is 1. The predicted molar refractivity (Wildman–Crippen MR) is 92.8 cm³/mol. The number of rotatable bonds is 10. The van der Waals surface area contributed by atoms with Crippen LogP contribution in [0.4, 0.5) is 0 Å². The third kappa shape index (κ3) is 7.87. The number of benzene rings is 1. The topological polar surface area (TPSA) is 100 Å². The fourth-order valence-electron chi connectivity index (χ4n) is 2.07. The number of esters is 2. The molecule has 0 spiro atoms. The van der Waals surface area contributed by atoms with E-state index in [-0.39, 0.29) is 12.5 Å². The van der Waals surface area contributed by atoms with Crippen LogP contribution in [0.2, 0.25) is 0 Å². The van der Waals surface area contributed by atoms with Crippen molar-refractivity contribution in [3.63, 3.8) is 0 Å². The van der Waals surface area contributed by atoms with Crippen LogP contribution in [0.25, 0.3) is 0 Å². The minimum Gasteiger partial charge on any atom is -0.497 e. The molecule has 0 bridgehead atoms. The molecule has 0 saturated carbocycles. The van der Waals surface area contributed by atoms with Crippen LogP contribution in [0.15, 0.2) is 24.3 Å². The Morgan fingerprint density at radius 1 is 1.00 bits per heavy atom. The van der Waals surface area contributed by atoms with Crippen molar-refractivity contribution in [3.8, 4) is 11.5 Å². The molecule has 1 aromatic carbocycles. The third-order valence-corrected chi connectivity index (χ3v) is 3.31. The maximum atomic E-state index is 11.9. The van der Waals surface area contributed by atoms with E-state index >= 15 is 0 Å². The van der Waals surface area contributed by atoms with Crippen molar-refractivity contribution in [1.82, 2.24) is 5.32 Å². The van der Waals surface area contributed by atoms with Gasteiger partial charge in [-0.1, -0.05) is 13.8 Å². The van der Waals surface area contributed by atoms with Gasteiger partial charge in [0.1, 0.15) is 17.5 Å². The number of carbonyl (C=O) groups is 3. The average Bonchev–Trinajstić information content (AvgIpc) is 2.63. The van der Waals surface area contributed by atoms with E-state index in [0.717, 1.165) is 0 Å². The van der Waals surface area contributed by atoms with Gasteiger partial charge in [0, 0.05) is 0 Å². The van der Waals surface area contributed by atoms with Crippen LogP contribution in [-0.2, 0) is 23.9 Å². The molecule has 0 aliphatic heterocycles. The molecule has 26 heavy (non-hydrogen) atoms. The van der Waals surface area contributed by atoms with Gasteiger partial charge >= 0.3 is 11.9 Å². The molecule has 1 aromatic rings. The third-order valence-electron chi connectivity index (χ3n) is 3.31. The van der Waals surface area contributed by atoms with Crippen LogP contribution in [-0.4, -0.2) is 51.3 Å². The molecular weight excluding hydrogens is 342 g/mol. The number of hydrogen-bond donors (Lipinski definition) is 1. The van der Waals surface area contributed by atoms with E-state index in [2.05, 4.69) is 10.1 Å². The minimum absolute atomic E-state index is 0.180. The highest BCUT2D eigenvalue weighted by molar-refractivity contribution is 5.86. The van der Waals surface area contributed by atoms with Crippen molar-refractivity contribution in [1.29, 1.82) is 0 Å². The second kappa shape index (κ2) is 11.0. The fraction of sp³-hybridized carbons (Fsp3) is 0.500. The molecule has 0 fully saturated rings. The highest BCUT2D eigenvalue weighted by Crippen LogP contribution is 2.16. The summed E-state index contributed by atoms with van der Waals surface area (Å²) in [5.74, 6) is -0.512. The van der Waals surface area contributed by atoms with Gasteiger partial charge < -0.3 is 24.3 Å². The quantitative estimate of drug-likeness (QED) is 0.623. The largest absolute Gasteiger partial charge is 0.497 e. The lowest BCUT2D eigenvalue weighted by Gasteiger charge is -2.18. The lowest BCUT2D eigenvalue weighted by molar-refractivity contribution is -0.151. The second-order valence-corrected chi connectivity index (χ2v) is 5.90. The first-order valence-electron chi connectivity index (χ1n) is 8.15. The molecule has 0 aliphatic rings. The Kier molecular flexibility index (Phi) is 8.97. The van der Waals surface area contributed by atoms with Crippen molar-refractivity contribution in [2.24, 2.45) is 5.92 Å². The van der Waals surface area contributed by atoms with Crippen LogP contribution in [0.3, 0.4) is 0 Å². The van der Waals surface area contributed by atoms with Gasteiger partial charge in [-0.3, -0.25) is 4.79 Å². The lowest BCUT2D eigenvalue weighted by Crippen LogP contribution is -2.44. The van der Waals surface area contributed by atoms with Crippen LogP contribution in [0.5, 0.6) is 11.5 Å². The van der Waals surface area contributed by atoms with Gasteiger partial charge in [-0.25, -0.2) is 9.59 Å². The Balaban J connectivity index is 2.37. The smallest absolute Gasteiger partial charge is 0.344 e. The Morgan fingerprint density at radius 2 is 1.62 bits per heavy atom. The Morgan fingerprint density at radius 3 is 2.15 bits per heavy atom. The van der Waals surface area contributed by atoms with Gasteiger partial charge in [0.05, 0.1) is 14.2 Å². The molecule has 1 atom stereocenters. The summed E-state index contributed by atoms with van der Waals surface area (Å²) in [7, 11) is 2.79. The van der Waals surface area contributed by atoms with Crippen LogP contribution < -0.4 is 14.8 Å². The molecule has 0 aromatic heterocycles. The maximum absolute atomic E-state index is 11.9. The summed E-state index contributed by atoms with van der Waals surface area (Å²) in [4.78, 5) is 35.2. The molecule has 0 unspecified atom stereocenters. The first kappa shape index (κ1) is 21.3. The van der Waals surface area contributed by atoms with Gasteiger partial charge in [-0.2, -0.15) is 0 Å². The van der Waals surface area contributed by atoms with E-state index in [1.165, 1.54) is 7.11 Å². The van der Waals surface area contributed by atoms with Gasteiger partial charge in [0.25, 0.3) is 5.91 Å². The van der Waals surface area contributed by atoms with Crippen molar-refractivity contribution >= 4 is 17.8 Å². The van der Waals surface area contributed by atoms with E-state index in [0.29, 0.717) is 17.9 Å². The summed E-state index contributed by atoms with van der Waals surface area (Å²) in [5, 5.41) is 2.50. The predicted octanol–water partition coefficient (Wildman–Crippen LogP) is 1.32.